The van der Waals surface area contributed by atoms with Crippen LogP contribution in [0.15, 0.2) is 81.6 Å². The summed E-state index contributed by atoms with van der Waals surface area (Å²) in [6, 6.07) is 16.8. The van der Waals surface area contributed by atoms with Crippen LogP contribution >= 0.6 is 0 Å². The van der Waals surface area contributed by atoms with Gasteiger partial charge in [-0.1, -0.05) is 40.9 Å². The summed E-state index contributed by atoms with van der Waals surface area (Å²) in [5.74, 6) is 1.54. The Morgan fingerprint density at radius 3 is 1.33 bits per heavy atom. The van der Waals surface area contributed by atoms with E-state index < -0.39 is 0 Å². The molecule has 4 rings (SSSR count). The van der Waals surface area contributed by atoms with Crippen LogP contribution in [0.5, 0.6) is 0 Å². The Labute approximate surface area is 230 Å². The summed E-state index contributed by atoms with van der Waals surface area (Å²) in [6.45, 7) is 11.4. The van der Waals surface area contributed by atoms with Crippen molar-refractivity contribution in [2.75, 3.05) is 0 Å². The van der Waals surface area contributed by atoms with Gasteiger partial charge in [-0.15, -0.1) is 9.36 Å². The van der Waals surface area contributed by atoms with Gasteiger partial charge in [0.2, 0.25) is 12.7 Å². The minimum atomic E-state index is 0.767. The van der Waals surface area contributed by atoms with Gasteiger partial charge in [0.25, 0.3) is 0 Å². The van der Waals surface area contributed by atoms with E-state index in [1.54, 1.807) is 12.7 Å². The molecule has 2 aromatic carbocycles. The van der Waals surface area contributed by atoms with E-state index in [2.05, 4.69) is 82.6 Å². The van der Waals surface area contributed by atoms with Gasteiger partial charge in [0.05, 0.1) is 37.6 Å². The van der Waals surface area contributed by atoms with E-state index >= 15 is 0 Å². The second-order valence-electron chi connectivity index (χ2n) is 9.36. The van der Waals surface area contributed by atoms with Gasteiger partial charge < -0.3 is 0 Å². The average Bonchev–Trinajstić information content (AvgIpc) is 3.58. The number of benzene rings is 2. The van der Waals surface area contributed by atoms with Gasteiger partial charge in [-0.25, -0.2) is 9.13 Å². The van der Waals surface area contributed by atoms with Gasteiger partial charge in [-0.05, 0) is 99.0 Å². The van der Waals surface area contributed by atoms with E-state index in [0.29, 0.717) is 0 Å². The molecule has 2 aromatic heterocycles. The maximum absolute atomic E-state index is 4.44. The first kappa shape index (κ1) is 27.9. The second kappa shape index (κ2) is 14.2. The molecule has 0 aliphatic rings. The second-order valence-corrected chi connectivity index (χ2v) is 9.36. The molecule has 0 aliphatic heterocycles. The number of aryl methyl sites for hydroxylation is 6. The van der Waals surface area contributed by atoms with Crippen LogP contribution in [-0.4, -0.2) is 19.6 Å². The number of unbranched alkanes of at least 4 members (excludes halogenated alkanes) is 2. The van der Waals surface area contributed by atoms with Crippen molar-refractivity contribution in [3.63, 3.8) is 0 Å². The molecule has 0 unspecified atom stereocenters. The zero-order valence-electron chi connectivity index (χ0n) is 23.6. The first-order valence-electron chi connectivity index (χ1n) is 14.1. The third kappa shape index (κ3) is 7.49. The van der Waals surface area contributed by atoms with Crippen molar-refractivity contribution in [2.24, 2.45) is 20.5 Å². The summed E-state index contributed by atoms with van der Waals surface area (Å²) in [6.07, 6.45) is 9.27. The standard InChI is InChI=1S/C29H40N10/c1-5-36-22-30-38(7-3)28(36)34-32-26-18-14-24(15-19-26)12-10-9-11-13-25-16-20-27(21-17-25)33-35-29-37(6-2)23-31-39(29)8-4/h14-23H,5-13H2,1-4H3/q+2. The van der Waals surface area contributed by atoms with E-state index in [1.165, 1.54) is 30.4 Å². The lowest BCUT2D eigenvalue weighted by Gasteiger charge is -2.03. The highest BCUT2D eigenvalue weighted by Crippen LogP contribution is 2.20. The predicted octanol–water partition coefficient (Wildman–Crippen LogP) is 6.52. The van der Waals surface area contributed by atoms with Crippen LogP contribution in [0.3, 0.4) is 0 Å². The fraction of sp³-hybridized carbons (Fsp3) is 0.448. The van der Waals surface area contributed by atoms with Gasteiger partial charge in [-0.3, -0.25) is 0 Å². The molecule has 2 heterocycles. The number of azo groups is 2. The molecule has 10 nitrogen and oxygen atoms in total. The van der Waals surface area contributed by atoms with E-state index in [-0.39, 0.29) is 0 Å². The molecule has 0 radical (unpaired) electrons. The Balaban J connectivity index is 1.20. The fourth-order valence-electron chi connectivity index (χ4n) is 4.36. The molecule has 0 fully saturated rings. The van der Waals surface area contributed by atoms with Crippen molar-refractivity contribution in [3.8, 4) is 0 Å². The summed E-state index contributed by atoms with van der Waals surface area (Å²) in [5, 5.41) is 26.4. The van der Waals surface area contributed by atoms with Crippen LogP contribution in [-0.2, 0) is 39.0 Å². The quantitative estimate of drug-likeness (QED) is 0.106. The zero-order valence-corrected chi connectivity index (χ0v) is 23.6. The highest BCUT2D eigenvalue weighted by Gasteiger charge is 2.16. The molecule has 39 heavy (non-hydrogen) atoms. The molecule has 0 aliphatic carbocycles. The van der Waals surface area contributed by atoms with Crippen molar-refractivity contribution in [2.45, 2.75) is 86.0 Å². The lowest BCUT2D eigenvalue weighted by Crippen LogP contribution is -2.30. The molecule has 0 atom stereocenters. The van der Waals surface area contributed by atoms with Crippen LogP contribution < -0.4 is 9.13 Å². The SMILES string of the molecule is CCn1nc[n+](CC)c1N=Nc1ccc(CCCCCc2ccc(N=Nc3n(CC)nc[n+]3CC)cc2)cc1. The maximum atomic E-state index is 4.44. The van der Waals surface area contributed by atoms with Crippen molar-refractivity contribution >= 4 is 23.3 Å². The van der Waals surface area contributed by atoms with Crippen molar-refractivity contribution in [3.05, 3.63) is 72.3 Å². The summed E-state index contributed by atoms with van der Waals surface area (Å²) < 4.78 is 7.69. The minimum absolute atomic E-state index is 0.767. The molecule has 0 spiro atoms. The van der Waals surface area contributed by atoms with Gasteiger partial charge in [0, 0.05) is 10.2 Å². The molecule has 4 aromatic rings. The van der Waals surface area contributed by atoms with Crippen LogP contribution in [0.1, 0.15) is 58.1 Å². The van der Waals surface area contributed by atoms with Crippen LogP contribution in [0.4, 0.5) is 23.3 Å². The van der Waals surface area contributed by atoms with Crippen molar-refractivity contribution < 1.29 is 9.13 Å². The smallest absolute Gasteiger partial charge is 0.223 e. The molecule has 204 valence electrons. The third-order valence-electron chi connectivity index (χ3n) is 6.73. The topological polar surface area (TPSA) is 92.8 Å². The molecule has 0 amide bonds. The van der Waals surface area contributed by atoms with Crippen LogP contribution in [0.2, 0.25) is 0 Å². The molecule has 0 saturated heterocycles. The summed E-state index contributed by atoms with van der Waals surface area (Å²) >= 11 is 0. The monoisotopic (exact) mass is 528 g/mol. The number of hydrogen-bond donors (Lipinski definition) is 0. The highest BCUT2D eigenvalue weighted by molar-refractivity contribution is 5.39. The minimum Gasteiger partial charge on any atom is -0.223 e. The lowest BCUT2D eigenvalue weighted by molar-refractivity contribution is -0.681. The largest absolute Gasteiger partial charge is 0.403 e. The highest BCUT2D eigenvalue weighted by atomic mass is 15.4. The molecule has 0 saturated carbocycles. The van der Waals surface area contributed by atoms with Crippen LogP contribution in [0.25, 0.3) is 0 Å². The third-order valence-corrected chi connectivity index (χ3v) is 6.73. The Morgan fingerprint density at radius 1 is 0.564 bits per heavy atom. The van der Waals surface area contributed by atoms with Gasteiger partial charge >= 0.3 is 11.9 Å². The predicted molar refractivity (Wildman–Crippen MR) is 150 cm³/mol. The number of hydrogen-bond acceptors (Lipinski definition) is 6. The molecular formula is C29H40N10+2. The van der Waals surface area contributed by atoms with Gasteiger partial charge in [0.15, 0.2) is 0 Å². The molecule has 0 bridgehead atoms. The Morgan fingerprint density at radius 2 is 0.974 bits per heavy atom. The number of rotatable bonds is 14. The van der Waals surface area contributed by atoms with Crippen molar-refractivity contribution in [1.29, 1.82) is 0 Å². The van der Waals surface area contributed by atoms with E-state index in [9.17, 15) is 0 Å². The van der Waals surface area contributed by atoms with E-state index in [4.69, 9.17) is 0 Å². The average molecular weight is 529 g/mol. The Bertz CT molecular complexity index is 1220. The van der Waals surface area contributed by atoms with E-state index in [0.717, 1.165) is 62.3 Å². The molecule has 0 N–H and O–H groups in total. The molecule has 10 heteroatoms. The first-order chi connectivity index (χ1) is 19.1. The van der Waals surface area contributed by atoms with Gasteiger partial charge in [-0.2, -0.15) is 0 Å². The Kier molecular flexibility index (Phi) is 10.2. The fourth-order valence-corrected chi connectivity index (χ4v) is 4.36. The molecular weight excluding hydrogens is 488 g/mol. The summed E-state index contributed by atoms with van der Waals surface area (Å²) in [5.41, 5.74) is 4.38. The normalized spacial score (nSPS) is 11.8. The number of aromatic nitrogens is 6. The van der Waals surface area contributed by atoms with E-state index in [1.807, 2.05) is 42.8 Å². The van der Waals surface area contributed by atoms with Gasteiger partial charge in [0.1, 0.15) is 0 Å². The maximum Gasteiger partial charge on any atom is 0.403 e. The zero-order chi connectivity index (χ0) is 27.5. The van der Waals surface area contributed by atoms with Crippen LogP contribution in [0, 0.1) is 0 Å². The first-order valence-corrected chi connectivity index (χ1v) is 14.1. The summed E-state index contributed by atoms with van der Waals surface area (Å²) in [7, 11) is 0. The Hall–Kier alpha value is -4.08. The summed E-state index contributed by atoms with van der Waals surface area (Å²) in [4.78, 5) is 0. The van der Waals surface area contributed by atoms with Crippen molar-refractivity contribution in [1.82, 2.24) is 19.6 Å². The number of nitrogens with zero attached hydrogens (tertiary/aromatic N) is 10. The lowest BCUT2D eigenvalue weighted by atomic mass is 10.0.